The highest BCUT2D eigenvalue weighted by Crippen LogP contribution is 2.35. The first kappa shape index (κ1) is 19.1. The zero-order chi connectivity index (χ0) is 17.3. The molecule has 0 amide bonds. The molecule has 0 unspecified atom stereocenters. The number of methoxy groups -OCH3 is 1. The summed E-state index contributed by atoms with van der Waals surface area (Å²) in [5.41, 5.74) is 7.30. The number of carboxylic acids is 1. The van der Waals surface area contributed by atoms with Crippen LogP contribution in [0.15, 0.2) is 17.2 Å². The maximum atomic E-state index is 10.8. The average Bonchev–Trinajstić information content (AvgIpc) is 2.36. The van der Waals surface area contributed by atoms with Crippen molar-refractivity contribution in [2.24, 2.45) is 10.8 Å². The van der Waals surface area contributed by atoms with E-state index in [1.807, 2.05) is 0 Å². The molecule has 1 aromatic carbocycles. The molecule has 0 aliphatic carbocycles. The molecule has 22 heavy (non-hydrogen) atoms. The van der Waals surface area contributed by atoms with Crippen LogP contribution in [-0.2, 0) is 4.79 Å². The predicted octanol–water partition coefficient (Wildman–Crippen LogP) is 1.16. The number of benzene rings is 1. The number of ether oxygens (including phenoxy) is 1. The number of hydrogen-bond acceptors (Lipinski definition) is 6. The number of nitrogens with zero attached hydrogens (tertiary/aromatic N) is 2. The molecule has 0 aliphatic heterocycles. The van der Waals surface area contributed by atoms with E-state index in [9.17, 15) is 10.1 Å². The molecule has 0 spiro atoms. The Morgan fingerprint density at radius 3 is 2.59 bits per heavy atom. The zero-order valence-corrected chi connectivity index (χ0v) is 12.4. The number of rotatable bonds is 4. The second-order valence-corrected chi connectivity index (χ2v) is 4.02. The van der Waals surface area contributed by atoms with Crippen LogP contribution in [0.1, 0.15) is 12.5 Å². The standard InChI is InChI=1S/C9H10ClN5O3.C2H4O2/c1-18-8-6(10)2-5(3-7(8)15(16)17)4-13-14-9(11)12;1-2(3)4/h2-4H,1H3,(H4,11,12,14);1H3,(H,3,4). The number of carbonyl (C=O) groups is 1. The molecule has 0 fully saturated rings. The van der Waals surface area contributed by atoms with Crippen LogP contribution in [0.25, 0.3) is 0 Å². The first-order valence-corrected chi connectivity index (χ1v) is 5.91. The van der Waals surface area contributed by atoms with Gasteiger partial charge in [-0.15, -0.1) is 0 Å². The Bertz CT molecular complexity index is 601. The zero-order valence-electron chi connectivity index (χ0n) is 11.7. The van der Waals surface area contributed by atoms with E-state index in [0.29, 0.717) is 5.56 Å². The van der Waals surface area contributed by atoms with Crippen LogP contribution >= 0.6 is 11.6 Å². The lowest BCUT2D eigenvalue weighted by atomic mass is 10.2. The van der Waals surface area contributed by atoms with Gasteiger partial charge in [-0.3, -0.25) is 20.3 Å². The topological polar surface area (TPSA) is 164 Å². The fraction of sp³-hybridized carbons (Fsp3) is 0.182. The summed E-state index contributed by atoms with van der Waals surface area (Å²) in [5.74, 6) is -1.20. The smallest absolute Gasteiger partial charge is 0.313 e. The lowest BCUT2D eigenvalue weighted by Crippen LogP contribution is -2.25. The van der Waals surface area contributed by atoms with Crippen LogP contribution in [0, 0.1) is 15.5 Å². The van der Waals surface area contributed by atoms with Gasteiger partial charge in [0.2, 0.25) is 11.7 Å². The number of carboxylic acid groups (broad SMARTS) is 1. The van der Waals surface area contributed by atoms with Crippen molar-refractivity contribution in [1.82, 2.24) is 5.43 Å². The molecular formula is C11H14ClN5O5. The Balaban J connectivity index is 0.000000980. The molecular weight excluding hydrogens is 318 g/mol. The van der Waals surface area contributed by atoms with E-state index in [1.165, 1.54) is 25.5 Å². The molecule has 0 aliphatic rings. The van der Waals surface area contributed by atoms with Crippen LogP contribution in [0.2, 0.25) is 5.02 Å². The molecule has 10 nitrogen and oxygen atoms in total. The van der Waals surface area contributed by atoms with Crippen molar-refractivity contribution < 1.29 is 19.6 Å². The minimum Gasteiger partial charge on any atom is -0.489 e. The number of halogens is 1. The van der Waals surface area contributed by atoms with Gasteiger partial charge in [-0.2, -0.15) is 5.10 Å². The molecule has 1 rings (SSSR count). The predicted molar refractivity (Wildman–Crippen MR) is 80.6 cm³/mol. The second-order valence-electron chi connectivity index (χ2n) is 3.61. The van der Waals surface area contributed by atoms with Gasteiger partial charge < -0.3 is 15.6 Å². The van der Waals surface area contributed by atoms with Gasteiger partial charge in [0.1, 0.15) is 0 Å². The minimum atomic E-state index is -0.833. The fourth-order valence-corrected chi connectivity index (χ4v) is 1.49. The summed E-state index contributed by atoms with van der Waals surface area (Å²) in [6, 6.07) is 2.69. The van der Waals surface area contributed by atoms with Crippen molar-refractivity contribution in [3.05, 3.63) is 32.8 Å². The summed E-state index contributed by atoms with van der Waals surface area (Å²) in [6.07, 6.45) is 1.25. The first-order valence-electron chi connectivity index (χ1n) is 5.53. The fourth-order valence-electron chi connectivity index (χ4n) is 1.19. The van der Waals surface area contributed by atoms with Gasteiger partial charge in [0.15, 0.2) is 0 Å². The molecule has 120 valence electrons. The molecule has 11 heteroatoms. The van der Waals surface area contributed by atoms with Gasteiger partial charge in [0.25, 0.3) is 5.97 Å². The maximum Gasteiger partial charge on any atom is 0.313 e. The number of guanidine groups is 1. The molecule has 1 aromatic rings. The largest absolute Gasteiger partial charge is 0.489 e. The Morgan fingerprint density at radius 1 is 1.64 bits per heavy atom. The maximum absolute atomic E-state index is 10.8. The summed E-state index contributed by atoms with van der Waals surface area (Å²) in [5, 5.41) is 28.8. The summed E-state index contributed by atoms with van der Waals surface area (Å²) < 4.78 is 4.85. The molecule has 5 N–H and O–H groups in total. The highest BCUT2D eigenvalue weighted by molar-refractivity contribution is 6.32. The third-order valence-electron chi connectivity index (χ3n) is 1.85. The van der Waals surface area contributed by atoms with E-state index in [4.69, 9.17) is 37.4 Å². The number of nitro groups is 1. The number of hydrazone groups is 1. The number of hydrogen-bond donors (Lipinski definition) is 4. The highest BCUT2D eigenvalue weighted by Gasteiger charge is 2.19. The van der Waals surface area contributed by atoms with E-state index in [-0.39, 0.29) is 22.4 Å². The highest BCUT2D eigenvalue weighted by atomic mass is 35.5. The quantitative estimate of drug-likeness (QED) is 0.278. The van der Waals surface area contributed by atoms with Crippen molar-refractivity contribution in [3.63, 3.8) is 0 Å². The summed E-state index contributed by atoms with van der Waals surface area (Å²) in [6.45, 7) is 1.08. The van der Waals surface area contributed by atoms with E-state index in [2.05, 4.69) is 10.5 Å². The number of aliphatic carboxylic acids is 1. The normalized spacial score (nSPS) is 9.59. The monoisotopic (exact) mass is 331 g/mol. The van der Waals surface area contributed by atoms with Gasteiger partial charge in [0, 0.05) is 18.6 Å². The number of nitrogens with one attached hydrogen (secondary N) is 2. The van der Waals surface area contributed by atoms with E-state index in [1.54, 1.807) is 0 Å². The summed E-state index contributed by atoms with van der Waals surface area (Å²) in [7, 11) is 1.29. The molecule has 0 bridgehead atoms. The van der Waals surface area contributed by atoms with E-state index in [0.717, 1.165) is 6.92 Å². The average molecular weight is 332 g/mol. The Kier molecular flexibility index (Phi) is 7.93. The van der Waals surface area contributed by atoms with Gasteiger partial charge in [-0.25, -0.2) is 5.43 Å². The van der Waals surface area contributed by atoms with Crippen LogP contribution in [-0.4, -0.2) is 35.3 Å². The Morgan fingerprint density at radius 2 is 2.18 bits per heavy atom. The third-order valence-corrected chi connectivity index (χ3v) is 2.13. The molecule has 0 heterocycles. The van der Waals surface area contributed by atoms with Crippen molar-refractivity contribution >= 4 is 35.4 Å². The van der Waals surface area contributed by atoms with E-state index >= 15 is 0 Å². The van der Waals surface area contributed by atoms with Crippen molar-refractivity contribution in [2.45, 2.75) is 6.92 Å². The van der Waals surface area contributed by atoms with Crippen molar-refractivity contribution in [3.8, 4) is 5.75 Å². The Labute approximate surface area is 130 Å². The van der Waals surface area contributed by atoms with Crippen LogP contribution < -0.4 is 15.9 Å². The van der Waals surface area contributed by atoms with Gasteiger partial charge in [-0.1, -0.05) is 11.6 Å². The molecule has 0 saturated heterocycles. The second kappa shape index (κ2) is 9.13. The van der Waals surface area contributed by atoms with Crippen LogP contribution in [0.5, 0.6) is 5.75 Å². The lowest BCUT2D eigenvalue weighted by Gasteiger charge is -2.04. The minimum absolute atomic E-state index is 0.0154. The number of nitrogens with two attached hydrogens (primary N) is 1. The van der Waals surface area contributed by atoms with Crippen molar-refractivity contribution in [1.29, 1.82) is 5.41 Å². The van der Waals surface area contributed by atoms with Crippen molar-refractivity contribution in [2.75, 3.05) is 7.11 Å². The van der Waals surface area contributed by atoms with Gasteiger partial charge in [-0.05, 0) is 6.07 Å². The SMILES string of the molecule is CC(=O)O.COc1c(Cl)cc(C=NNC(=N)N)cc1[N+](=O)[O-]. The van der Waals surface area contributed by atoms with Gasteiger partial charge in [0.05, 0.1) is 23.3 Å². The van der Waals surface area contributed by atoms with Gasteiger partial charge >= 0.3 is 5.69 Å². The molecule has 0 saturated carbocycles. The molecule has 0 atom stereocenters. The number of nitro benzene ring substituents is 1. The van der Waals surface area contributed by atoms with Crippen LogP contribution in [0.3, 0.4) is 0 Å². The molecule has 0 radical (unpaired) electrons. The summed E-state index contributed by atoms with van der Waals surface area (Å²) >= 11 is 5.84. The summed E-state index contributed by atoms with van der Waals surface area (Å²) in [4.78, 5) is 19.2. The van der Waals surface area contributed by atoms with Crippen LogP contribution in [0.4, 0.5) is 5.69 Å². The molecule has 0 aromatic heterocycles. The Hall–Kier alpha value is -2.88. The van der Waals surface area contributed by atoms with E-state index < -0.39 is 10.9 Å². The lowest BCUT2D eigenvalue weighted by molar-refractivity contribution is -0.385. The third kappa shape index (κ3) is 7.05. The first-order chi connectivity index (χ1) is 10.2.